The van der Waals surface area contributed by atoms with Gasteiger partial charge in [-0.2, -0.15) is 0 Å². The largest absolute Gasteiger partial charge is 0.309 e. The van der Waals surface area contributed by atoms with Crippen LogP contribution in [0.2, 0.25) is 0 Å². The SMILES string of the molecule is CNC(c1ccccc1C)c1csc2c(Br)cccc12. The highest BCUT2D eigenvalue weighted by Gasteiger charge is 2.18. The number of aryl methyl sites for hydroxylation is 1. The lowest BCUT2D eigenvalue weighted by Crippen LogP contribution is -2.18. The molecule has 0 aliphatic rings. The lowest BCUT2D eigenvalue weighted by atomic mass is 9.95. The van der Waals surface area contributed by atoms with Crippen LogP contribution in [-0.4, -0.2) is 7.05 Å². The number of fused-ring (bicyclic) bond motifs is 1. The Hall–Kier alpha value is -1.16. The predicted octanol–water partition coefficient (Wildman–Crippen LogP) is 5.28. The fourth-order valence-corrected chi connectivity index (χ4v) is 4.30. The summed E-state index contributed by atoms with van der Waals surface area (Å²) in [7, 11) is 2.03. The highest BCUT2D eigenvalue weighted by molar-refractivity contribution is 9.10. The highest BCUT2D eigenvalue weighted by atomic mass is 79.9. The van der Waals surface area contributed by atoms with E-state index in [0.717, 1.165) is 0 Å². The van der Waals surface area contributed by atoms with Gasteiger partial charge in [0.05, 0.1) is 6.04 Å². The zero-order chi connectivity index (χ0) is 14.1. The molecule has 3 rings (SSSR count). The summed E-state index contributed by atoms with van der Waals surface area (Å²) in [4.78, 5) is 0. The molecule has 0 aliphatic carbocycles. The van der Waals surface area contributed by atoms with Crippen LogP contribution in [0.1, 0.15) is 22.7 Å². The van der Waals surface area contributed by atoms with Crippen molar-refractivity contribution in [3.63, 3.8) is 0 Å². The van der Waals surface area contributed by atoms with Gasteiger partial charge in [-0.05, 0) is 63.4 Å². The van der Waals surface area contributed by atoms with Gasteiger partial charge in [-0.25, -0.2) is 0 Å². The summed E-state index contributed by atoms with van der Waals surface area (Å²) in [5.41, 5.74) is 4.01. The molecule has 2 aromatic carbocycles. The molecule has 0 fully saturated rings. The van der Waals surface area contributed by atoms with Crippen LogP contribution in [0.4, 0.5) is 0 Å². The minimum absolute atomic E-state index is 0.235. The van der Waals surface area contributed by atoms with Crippen molar-refractivity contribution in [3.8, 4) is 0 Å². The van der Waals surface area contributed by atoms with E-state index in [1.807, 2.05) is 7.05 Å². The molecule has 102 valence electrons. The third kappa shape index (κ3) is 2.30. The summed E-state index contributed by atoms with van der Waals surface area (Å²) in [5.74, 6) is 0. The van der Waals surface area contributed by atoms with Crippen LogP contribution in [0.3, 0.4) is 0 Å². The normalized spacial score (nSPS) is 12.8. The van der Waals surface area contributed by atoms with Crippen molar-refractivity contribution in [2.45, 2.75) is 13.0 Å². The van der Waals surface area contributed by atoms with E-state index in [0.29, 0.717) is 0 Å². The summed E-state index contributed by atoms with van der Waals surface area (Å²) in [6.07, 6.45) is 0. The molecule has 1 unspecified atom stereocenters. The van der Waals surface area contributed by atoms with Gasteiger partial charge in [0.1, 0.15) is 0 Å². The maximum atomic E-state index is 3.64. The molecule has 1 heterocycles. The summed E-state index contributed by atoms with van der Waals surface area (Å²) < 4.78 is 2.49. The number of hydrogen-bond donors (Lipinski definition) is 1. The summed E-state index contributed by atoms with van der Waals surface area (Å²) in [5, 5.41) is 7.06. The van der Waals surface area contributed by atoms with Gasteiger partial charge in [0.15, 0.2) is 0 Å². The molecule has 1 nitrogen and oxygen atoms in total. The van der Waals surface area contributed by atoms with Crippen molar-refractivity contribution in [3.05, 3.63) is 69.0 Å². The Bertz CT molecular complexity index is 748. The molecule has 0 spiro atoms. The van der Waals surface area contributed by atoms with Crippen LogP contribution in [-0.2, 0) is 0 Å². The Balaban J connectivity index is 2.18. The average Bonchev–Trinajstić information content (AvgIpc) is 2.87. The number of halogens is 1. The van der Waals surface area contributed by atoms with Crippen LogP contribution in [0.25, 0.3) is 10.1 Å². The molecule has 0 saturated heterocycles. The molecule has 20 heavy (non-hydrogen) atoms. The zero-order valence-electron chi connectivity index (χ0n) is 11.5. The number of rotatable bonds is 3. The maximum Gasteiger partial charge on any atom is 0.0591 e. The molecule has 3 aromatic rings. The van der Waals surface area contributed by atoms with Gasteiger partial charge in [0, 0.05) is 9.17 Å². The Morgan fingerprint density at radius 3 is 2.60 bits per heavy atom. The number of thiophene rings is 1. The van der Waals surface area contributed by atoms with E-state index in [-0.39, 0.29) is 6.04 Å². The second-order valence-electron chi connectivity index (χ2n) is 4.89. The molecule has 0 saturated carbocycles. The van der Waals surface area contributed by atoms with Crippen LogP contribution < -0.4 is 5.32 Å². The lowest BCUT2D eigenvalue weighted by Gasteiger charge is -2.18. The first-order valence-electron chi connectivity index (χ1n) is 6.60. The van der Waals surface area contributed by atoms with Gasteiger partial charge in [0.2, 0.25) is 0 Å². The summed E-state index contributed by atoms with van der Waals surface area (Å²) in [6.45, 7) is 2.17. The molecule has 1 N–H and O–H groups in total. The van der Waals surface area contributed by atoms with Crippen LogP contribution in [0.5, 0.6) is 0 Å². The van der Waals surface area contributed by atoms with Gasteiger partial charge in [-0.1, -0.05) is 36.4 Å². The number of hydrogen-bond acceptors (Lipinski definition) is 2. The molecule has 0 amide bonds. The highest BCUT2D eigenvalue weighted by Crippen LogP contribution is 2.37. The second kappa shape index (κ2) is 5.68. The third-order valence-corrected chi connectivity index (χ3v) is 5.65. The Morgan fingerprint density at radius 2 is 1.85 bits per heavy atom. The predicted molar refractivity (Wildman–Crippen MR) is 91.6 cm³/mol. The first-order chi connectivity index (χ1) is 9.72. The van der Waals surface area contributed by atoms with Gasteiger partial charge in [0.25, 0.3) is 0 Å². The quantitative estimate of drug-likeness (QED) is 0.680. The topological polar surface area (TPSA) is 12.0 Å². The standard InChI is InChI=1S/C17H16BrNS/c1-11-6-3-4-7-12(11)16(19-2)14-10-20-17-13(14)8-5-9-15(17)18/h3-10,16,19H,1-2H3. The summed E-state index contributed by atoms with van der Waals surface area (Å²) >= 11 is 5.44. The lowest BCUT2D eigenvalue weighted by molar-refractivity contribution is 0.694. The minimum Gasteiger partial charge on any atom is -0.309 e. The molecular weight excluding hydrogens is 330 g/mol. The average molecular weight is 346 g/mol. The van der Waals surface area contributed by atoms with Crippen molar-refractivity contribution in [2.75, 3.05) is 7.05 Å². The maximum absolute atomic E-state index is 3.64. The van der Waals surface area contributed by atoms with E-state index in [4.69, 9.17) is 0 Å². The van der Waals surface area contributed by atoms with Crippen LogP contribution in [0.15, 0.2) is 52.3 Å². The molecule has 0 radical (unpaired) electrons. The minimum atomic E-state index is 0.235. The molecule has 0 aliphatic heterocycles. The number of benzene rings is 2. The van der Waals surface area contributed by atoms with Crippen molar-refractivity contribution < 1.29 is 0 Å². The third-order valence-electron chi connectivity index (χ3n) is 3.68. The van der Waals surface area contributed by atoms with E-state index >= 15 is 0 Å². The fourth-order valence-electron chi connectivity index (χ4n) is 2.65. The second-order valence-corrected chi connectivity index (χ2v) is 6.62. The first-order valence-corrected chi connectivity index (χ1v) is 8.28. The van der Waals surface area contributed by atoms with Gasteiger partial charge < -0.3 is 5.32 Å². The monoisotopic (exact) mass is 345 g/mol. The molecule has 3 heteroatoms. The van der Waals surface area contributed by atoms with Crippen molar-refractivity contribution in [1.29, 1.82) is 0 Å². The molecule has 1 atom stereocenters. The Kier molecular flexibility index (Phi) is 3.92. The van der Waals surface area contributed by atoms with Crippen molar-refractivity contribution in [2.24, 2.45) is 0 Å². The summed E-state index contributed by atoms with van der Waals surface area (Å²) in [6, 6.07) is 15.2. The van der Waals surface area contributed by atoms with Crippen LogP contribution >= 0.6 is 27.3 Å². The Morgan fingerprint density at radius 1 is 1.05 bits per heavy atom. The van der Waals surface area contributed by atoms with Gasteiger partial charge >= 0.3 is 0 Å². The molecule has 1 aromatic heterocycles. The van der Waals surface area contributed by atoms with E-state index in [1.165, 1.54) is 31.2 Å². The van der Waals surface area contributed by atoms with Crippen molar-refractivity contribution in [1.82, 2.24) is 5.32 Å². The van der Waals surface area contributed by atoms with E-state index < -0.39 is 0 Å². The van der Waals surface area contributed by atoms with E-state index in [2.05, 4.69) is 76.0 Å². The fraction of sp³-hybridized carbons (Fsp3) is 0.176. The van der Waals surface area contributed by atoms with Gasteiger partial charge in [-0.15, -0.1) is 11.3 Å². The van der Waals surface area contributed by atoms with E-state index in [1.54, 1.807) is 11.3 Å². The molecule has 0 bridgehead atoms. The van der Waals surface area contributed by atoms with Crippen molar-refractivity contribution >= 4 is 37.4 Å². The van der Waals surface area contributed by atoms with Crippen LogP contribution in [0, 0.1) is 6.92 Å². The first kappa shape index (κ1) is 13.8. The van der Waals surface area contributed by atoms with Gasteiger partial charge in [-0.3, -0.25) is 0 Å². The Labute approximate surface area is 131 Å². The van der Waals surface area contributed by atoms with E-state index in [9.17, 15) is 0 Å². The zero-order valence-corrected chi connectivity index (χ0v) is 13.9. The molecular formula is C17H16BrNS. The number of nitrogens with one attached hydrogen (secondary N) is 1. The smallest absolute Gasteiger partial charge is 0.0591 e.